The fraction of sp³-hybridized carbons (Fsp3) is 1.00. The van der Waals surface area contributed by atoms with Crippen LogP contribution in [0.2, 0.25) is 0 Å². The molecule has 4 aliphatic carbocycles. The van der Waals surface area contributed by atoms with Crippen LogP contribution in [0.3, 0.4) is 0 Å². The quantitative estimate of drug-likeness (QED) is 0.173. The summed E-state index contributed by atoms with van der Waals surface area (Å²) in [5.74, 6) is 2.78. The van der Waals surface area contributed by atoms with E-state index in [1.165, 1.54) is 0 Å². The predicted molar refractivity (Wildman–Crippen MR) is 184 cm³/mol. The molecule has 4 saturated carbocycles. The van der Waals surface area contributed by atoms with Gasteiger partial charge in [0, 0.05) is 12.3 Å². The summed E-state index contributed by atoms with van der Waals surface area (Å²) in [5, 5.41) is 84.5. The molecule has 0 aromatic carbocycles. The third-order valence-electron chi connectivity index (χ3n) is 16.2. The van der Waals surface area contributed by atoms with Crippen LogP contribution in [0.1, 0.15) is 85.5 Å². The van der Waals surface area contributed by atoms with Gasteiger partial charge in [-0.2, -0.15) is 0 Å². The number of hydrogen-bond donors (Lipinski definition) is 8. The molecule has 8 rings (SSSR count). The van der Waals surface area contributed by atoms with E-state index in [0.717, 1.165) is 51.6 Å². The second-order valence-electron chi connectivity index (χ2n) is 18.9. The van der Waals surface area contributed by atoms with Gasteiger partial charge in [-0.1, -0.05) is 27.7 Å². The number of ether oxygens (including phenoxy) is 6. The Bertz CT molecular complexity index is 1300. The van der Waals surface area contributed by atoms with E-state index in [9.17, 15) is 40.9 Å². The highest BCUT2D eigenvalue weighted by Gasteiger charge is 2.69. The molecule has 8 aliphatic rings. The van der Waals surface area contributed by atoms with Crippen LogP contribution in [0.15, 0.2) is 0 Å². The Balaban J connectivity index is 0.962. The van der Waals surface area contributed by atoms with Crippen LogP contribution in [0.25, 0.3) is 0 Å². The summed E-state index contributed by atoms with van der Waals surface area (Å²) in [6.45, 7) is 8.96. The largest absolute Gasteiger partial charge is 0.394 e. The maximum absolute atomic E-state index is 11.8. The number of rotatable bonds is 6. The van der Waals surface area contributed by atoms with Crippen molar-refractivity contribution in [1.82, 2.24) is 0 Å². The van der Waals surface area contributed by atoms with Crippen LogP contribution in [0.5, 0.6) is 0 Å². The van der Waals surface area contributed by atoms with Crippen LogP contribution in [-0.2, 0) is 28.4 Å². The summed E-state index contributed by atoms with van der Waals surface area (Å²) in [5.41, 5.74) is 0.0762. The minimum atomic E-state index is -1.76. The number of fused-ring (bicyclic) bond motifs is 7. The van der Waals surface area contributed by atoms with Gasteiger partial charge in [0.2, 0.25) is 0 Å². The van der Waals surface area contributed by atoms with Crippen LogP contribution in [-0.4, -0.2) is 146 Å². The van der Waals surface area contributed by atoms with Gasteiger partial charge < -0.3 is 69.3 Å². The highest BCUT2D eigenvalue weighted by atomic mass is 16.8. The molecule has 4 heterocycles. The molecule has 53 heavy (non-hydrogen) atoms. The summed E-state index contributed by atoms with van der Waals surface area (Å²) < 4.78 is 37.2. The van der Waals surface area contributed by atoms with Crippen molar-refractivity contribution in [2.24, 2.45) is 52.3 Å². The highest BCUT2D eigenvalue weighted by molar-refractivity contribution is 5.16. The van der Waals surface area contributed by atoms with Gasteiger partial charge in [-0.3, -0.25) is 0 Å². The Hall–Kier alpha value is -0.560. The molecule has 14 nitrogen and oxygen atoms in total. The zero-order valence-corrected chi connectivity index (χ0v) is 31.6. The lowest BCUT2D eigenvalue weighted by Gasteiger charge is -2.62. The monoisotopic (exact) mass is 756 g/mol. The fourth-order valence-electron chi connectivity index (χ4n) is 13.2. The number of hydrogen-bond acceptors (Lipinski definition) is 14. The van der Waals surface area contributed by atoms with Crippen LogP contribution >= 0.6 is 0 Å². The second-order valence-corrected chi connectivity index (χ2v) is 18.9. The van der Waals surface area contributed by atoms with E-state index in [1.807, 2.05) is 0 Å². The van der Waals surface area contributed by atoms with Crippen molar-refractivity contribution in [2.75, 3.05) is 19.8 Å². The van der Waals surface area contributed by atoms with Gasteiger partial charge in [0.1, 0.15) is 48.8 Å². The van der Waals surface area contributed by atoms with Crippen molar-refractivity contribution >= 4 is 0 Å². The van der Waals surface area contributed by atoms with Crippen LogP contribution in [0, 0.1) is 52.3 Å². The van der Waals surface area contributed by atoms with Gasteiger partial charge in [0.25, 0.3) is 0 Å². The average Bonchev–Trinajstić information content (AvgIpc) is 3.58. The molecule has 304 valence electrons. The first-order valence-electron chi connectivity index (χ1n) is 20.4. The normalized spacial score (nSPS) is 59.5. The Morgan fingerprint density at radius 2 is 1.40 bits per heavy atom. The Kier molecular flexibility index (Phi) is 10.6. The van der Waals surface area contributed by atoms with Crippen LogP contribution < -0.4 is 0 Å². The lowest BCUT2D eigenvalue weighted by Crippen LogP contribution is -2.65. The van der Waals surface area contributed by atoms with Crippen molar-refractivity contribution in [3.63, 3.8) is 0 Å². The maximum Gasteiger partial charge on any atom is 0.187 e. The first-order valence-corrected chi connectivity index (χ1v) is 20.4. The number of aliphatic hydroxyl groups excluding tert-OH is 8. The van der Waals surface area contributed by atoms with E-state index < -0.39 is 92.6 Å². The van der Waals surface area contributed by atoms with Gasteiger partial charge in [0.15, 0.2) is 18.4 Å². The topological polar surface area (TPSA) is 217 Å². The van der Waals surface area contributed by atoms with E-state index in [-0.39, 0.29) is 22.9 Å². The molecule has 8 N–H and O–H groups in total. The van der Waals surface area contributed by atoms with E-state index >= 15 is 0 Å². The molecule has 0 bridgehead atoms. The van der Waals surface area contributed by atoms with Crippen molar-refractivity contribution in [3.8, 4) is 0 Å². The highest BCUT2D eigenvalue weighted by Crippen LogP contribution is 2.71. The standard InChI is InChI=1S/C39H64O14/c1-17-7-10-39(48-16-17)18(2)28-25(53-39)12-22-20-6-5-19-11-24(23(42)13-38(19,4)21(20)8-9-37(22,28)3)49-36-34(32(46)30(44)27(15-41)51-36)52-35-33(47)31(45)29(43)26(14-40)50-35/h17-36,40-47H,5-16H2,1-4H3/t17?,18?,19?,20?,21?,22?,23?,24?,25?,26-,27-,28?,29-,30-,31+,32+,33-,34-,35+,36-,37?,38?,39?/m1/s1. The minimum Gasteiger partial charge on any atom is -0.394 e. The summed E-state index contributed by atoms with van der Waals surface area (Å²) >= 11 is 0. The summed E-state index contributed by atoms with van der Waals surface area (Å²) in [4.78, 5) is 0. The lowest BCUT2D eigenvalue weighted by molar-refractivity contribution is -0.376. The maximum atomic E-state index is 11.8. The Labute approximate surface area is 312 Å². The van der Waals surface area contributed by atoms with Gasteiger partial charge in [0.05, 0.1) is 38.1 Å². The molecule has 4 saturated heterocycles. The minimum absolute atomic E-state index is 0.111. The summed E-state index contributed by atoms with van der Waals surface area (Å²) in [7, 11) is 0. The van der Waals surface area contributed by atoms with Crippen molar-refractivity contribution in [3.05, 3.63) is 0 Å². The van der Waals surface area contributed by atoms with Crippen molar-refractivity contribution in [2.45, 2.75) is 171 Å². The van der Waals surface area contributed by atoms with E-state index in [2.05, 4.69) is 27.7 Å². The van der Waals surface area contributed by atoms with Crippen LogP contribution in [0.4, 0.5) is 0 Å². The lowest BCUT2D eigenvalue weighted by atomic mass is 9.44. The molecule has 8 fully saturated rings. The SMILES string of the molecule is CC1CCC2(OC1)OC1CC3C4CCC5CC(O[C@@H]6O[C@H](CO)[C@@H](O)[C@H](O)[C@H]6O[C@@H]6O[C@H](CO)[C@@H](O)[C@H](O)[C@H]6O)C(O)CC5(C)C4CCC3(C)C1C2C. The first kappa shape index (κ1) is 39.3. The van der Waals surface area contributed by atoms with Crippen molar-refractivity contribution < 1.29 is 69.3 Å². The third-order valence-corrected chi connectivity index (χ3v) is 16.2. The first-order chi connectivity index (χ1) is 25.2. The summed E-state index contributed by atoms with van der Waals surface area (Å²) in [6.07, 6.45) is -8.11. The molecule has 13 unspecified atom stereocenters. The molecule has 0 radical (unpaired) electrons. The zero-order valence-electron chi connectivity index (χ0n) is 31.6. The molecule has 14 heteroatoms. The third kappa shape index (κ3) is 6.20. The summed E-state index contributed by atoms with van der Waals surface area (Å²) in [6, 6.07) is 0. The molecule has 0 aromatic rings. The van der Waals surface area contributed by atoms with Gasteiger partial charge in [-0.25, -0.2) is 0 Å². The molecule has 23 atom stereocenters. The van der Waals surface area contributed by atoms with E-state index in [1.54, 1.807) is 0 Å². The average molecular weight is 757 g/mol. The molecule has 1 spiro atoms. The number of aliphatic hydroxyl groups is 8. The van der Waals surface area contributed by atoms with Crippen molar-refractivity contribution in [1.29, 1.82) is 0 Å². The molecular formula is C39H64O14. The Morgan fingerprint density at radius 3 is 2.08 bits per heavy atom. The van der Waals surface area contributed by atoms with Gasteiger partial charge >= 0.3 is 0 Å². The van der Waals surface area contributed by atoms with E-state index in [0.29, 0.717) is 48.3 Å². The second kappa shape index (κ2) is 14.4. The fourth-order valence-corrected chi connectivity index (χ4v) is 13.2. The molecule has 4 aliphatic heterocycles. The smallest absolute Gasteiger partial charge is 0.187 e. The van der Waals surface area contributed by atoms with E-state index in [4.69, 9.17) is 28.4 Å². The Morgan fingerprint density at radius 1 is 0.698 bits per heavy atom. The molecule has 0 amide bonds. The predicted octanol–water partition coefficient (Wildman–Crippen LogP) is 0.413. The van der Waals surface area contributed by atoms with Gasteiger partial charge in [-0.15, -0.1) is 0 Å². The van der Waals surface area contributed by atoms with Gasteiger partial charge in [-0.05, 0) is 97.7 Å². The molecule has 0 aromatic heterocycles. The zero-order chi connectivity index (χ0) is 37.8. The molecular weight excluding hydrogens is 692 g/mol.